The molecule has 0 radical (unpaired) electrons. The fourth-order valence-electron chi connectivity index (χ4n) is 6.00. The summed E-state index contributed by atoms with van der Waals surface area (Å²) < 4.78 is 31.6. The van der Waals surface area contributed by atoms with Gasteiger partial charge in [-0.25, -0.2) is 0 Å². The monoisotopic (exact) mass is 643 g/mol. The average Bonchev–Trinajstić information content (AvgIpc) is 2.98. The molecule has 0 saturated heterocycles. The maximum Gasteiger partial charge on any atom is 0.318 e. The second kappa shape index (κ2) is 28.8. The van der Waals surface area contributed by atoms with E-state index in [0.29, 0.717) is 24.6 Å². The molecule has 0 aromatic rings. The number of rotatable bonds is 34. The first-order chi connectivity index (χ1) is 20.8. The zero-order chi connectivity index (χ0) is 32.1. The van der Waals surface area contributed by atoms with Crippen LogP contribution in [0.15, 0.2) is 25.3 Å². The Kier molecular flexibility index (Phi) is 28.4. The standard InChI is InChI=1S/C36H71NO4P2/c1-5-9-13-17-21-25-29-33-42(40,31-27-23-19-15-11-7-3)37(35-36(38)39)43(41,32-28-24-20-16-12-8-4)34-30-26-22-18-14-10-6-2/h5-6H,1-2,7-35H2,3-4H3,(H,38,39). The minimum absolute atomic E-state index is 0.348. The molecule has 2 unspecified atom stereocenters. The molecule has 0 aliphatic heterocycles. The first-order valence-electron chi connectivity index (χ1n) is 18.2. The van der Waals surface area contributed by atoms with Gasteiger partial charge in [-0.05, 0) is 51.4 Å². The predicted molar refractivity (Wildman–Crippen MR) is 192 cm³/mol. The zero-order valence-corrected chi connectivity index (χ0v) is 30.4. The molecule has 0 saturated carbocycles. The third-order valence-corrected chi connectivity index (χ3v) is 16.7. The van der Waals surface area contributed by atoms with Gasteiger partial charge in [0.05, 0.1) is 0 Å². The highest BCUT2D eigenvalue weighted by Crippen LogP contribution is 2.67. The van der Waals surface area contributed by atoms with Crippen LogP contribution < -0.4 is 0 Å². The van der Waals surface area contributed by atoms with Gasteiger partial charge in [0.1, 0.15) is 6.54 Å². The molecule has 0 aromatic carbocycles. The molecule has 0 heterocycles. The SMILES string of the molecule is C=CCCCCCCCP(=O)(CCCCCCCC)N(CC(=O)O)P(=O)(CCCCCCCC)CCCCCCCC=C. The molecule has 0 aliphatic carbocycles. The van der Waals surface area contributed by atoms with Crippen LogP contribution in [0.25, 0.3) is 0 Å². The lowest BCUT2D eigenvalue weighted by Crippen LogP contribution is -2.29. The smallest absolute Gasteiger partial charge is 0.318 e. The Morgan fingerprint density at radius 3 is 1.09 bits per heavy atom. The van der Waals surface area contributed by atoms with E-state index in [1.807, 2.05) is 12.2 Å². The molecule has 0 rings (SSSR count). The van der Waals surface area contributed by atoms with E-state index in [1.165, 1.54) is 38.5 Å². The average molecular weight is 644 g/mol. The first kappa shape index (κ1) is 42.4. The van der Waals surface area contributed by atoms with Crippen LogP contribution >= 0.6 is 14.6 Å². The molecule has 7 heteroatoms. The summed E-state index contributed by atoms with van der Waals surface area (Å²) in [4.78, 5) is 12.3. The number of hydrogen-bond donors (Lipinski definition) is 1. The molecule has 5 nitrogen and oxygen atoms in total. The van der Waals surface area contributed by atoms with Crippen LogP contribution in [0, 0.1) is 0 Å². The Balaban J connectivity index is 5.82. The summed E-state index contributed by atoms with van der Waals surface area (Å²) in [6, 6.07) is 0. The molecule has 0 amide bonds. The summed E-state index contributed by atoms with van der Waals surface area (Å²) in [7, 11) is -6.19. The van der Waals surface area contributed by atoms with Crippen molar-refractivity contribution in [1.82, 2.24) is 4.44 Å². The van der Waals surface area contributed by atoms with Crippen molar-refractivity contribution in [2.24, 2.45) is 0 Å². The number of carbonyl (C=O) groups is 1. The van der Waals surface area contributed by atoms with E-state index < -0.39 is 20.6 Å². The number of carboxylic acids is 1. The molecular formula is C36H71NO4P2. The van der Waals surface area contributed by atoms with Crippen LogP contribution in [0.4, 0.5) is 0 Å². The van der Waals surface area contributed by atoms with E-state index >= 15 is 0 Å². The third-order valence-electron chi connectivity index (χ3n) is 8.67. The Bertz CT molecular complexity index is 729. The number of carboxylic acid groups (broad SMARTS) is 1. The lowest BCUT2D eigenvalue weighted by atomic mass is 10.1. The van der Waals surface area contributed by atoms with E-state index in [0.717, 1.165) is 116 Å². The lowest BCUT2D eigenvalue weighted by molar-refractivity contribution is -0.136. The van der Waals surface area contributed by atoms with Crippen LogP contribution in [0.1, 0.15) is 168 Å². The van der Waals surface area contributed by atoms with Crippen molar-refractivity contribution in [2.45, 2.75) is 168 Å². The van der Waals surface area contributed by atoms with Crippen LogP contribution in [0.3, 0.4) is 0 Å². The Hall–Kier alpha value is -0.630. The molecule has 1 N–H and O–H groups in total. The minimum atomic E-state index is -3.10. The zero-order valence-electron chi connectivity index (χ0n) is 28.6. The number of hydrogen-bond acceptors (Lipinski definition) is 3. The second-order valence-electron chi connectivity index (χ2n) is 12.7. The van der Waals surface area contributed by atoms with Gasteiger partial charge >= 0.3 is 5.97 Å². The van der Waals surface area contributed by atoms with Gasteiger partial charge in [-0.2, -0.15) is 4.44 Å². The largest absolute Gasteiger partial charge is 0.480 e. The number of unbranched alkanes of at least 4 members (excludes halogenated alkanes) is 20. The van der Waals surface area contributed by atoms with E-state index in [-0.39, 0.29) is 6.54 Å². The number of allylic oxidation sites excluding steroid dienone is 2. The van der Waals surface area contributed by atoms with Crippen LogP contribution in [0.5, 0.6) is 0 Å². The summed E-state index contributed by atoms with van der Waals surface area (Å²) in [6.45, 7) is 11.7. The van der Waals surface area contributed by atoms with Gasteiger partial charge in [-0.1, -0.05) is 129 Å². The molecule has 0 spiro atoms. The van der Waals surface area contributed by atoms with Crippen LogP contribution in [0.2, 0.25) is 0 Å². The maximum absolute atomic E-state index is 15.0. The molecular weight excluding hydrogens is 572 g/mol. The second-order valence-corrected chi connectivity index (χ2v) is 19.2. The van der Waals surface area contributed by atoms with Crippen LogP contribution in [-0.4, -0.2) is 46.7 Å². The molecule has 0 fully saturated rings. The minimum Gasteiger partial charge on any atom is -0.480 e. The van der Waals surface area contributed by atoms with Gasteiger partial charge in [0.25, 0.3) is 0 Å². The molecule has 254 valence electrons. The third kappa shape index (κ3) is 22.5. The van der Waals surface area contributed by atoms with Crippen molar-refractivity contribution >= 4 is 20.6 Å². The Morgan fingerprint density at radius 2 is 0.814 bits per heavy atom. The highest BCUT2D eigenvalue weighted by molar-refractivity contribution is 7.76. The summed E-state index contributed by atoms with van der Waals surface area (Å²) in [5, 5.41) is 10.0. The fraction of sp³-hybridized carbons (Fsp3) is 0.861. The summed E-state index contributed by atoms with van der Waals surface area (Å²) >= 11 is 0. The van der Waals surface area contributed by atoms with Crippen molar-refractivity contribution in [1.29, 1.82) is 0 Å². The number of aliphatic carboxylic acids is 1. The van der Waals surface area contributed by atoms with E-state index in [1.54, 1.807) is 4.44 Å². The topological polar surface area (TPSA) is 74.7 Å². The van der Waals surface area contributed by atoms with Crippen LogP contribution in [-0.2, 0) is 13.9 Å². The lowest BCUT2D eigenvalue weighted by Gasteiger charge is -2.37. The van der Waals surface area contributed by atoms with Gasteiger partial charge in [0.15, 0.2) is 14.6 Å². The van der Waals surface area contributed by atoms with Crippen molar-refractivity contribution in [3.63, 3.8) is 0 Å². The van der Waals surface area contributed by atoms with E-state index in [2.05, 4.69) is 27.0 Å². The van der Waals surface area contributed by atoms with E-state index in [4.69, 9.17) is 0 Å². The molecule has 0 bridgehead atoms. The van der Waals surface area contributed by atoms with Gasteiger partial charge in [0, 0.05) is 24.6 Å². The fourth-order valence-corrected chi connectivity index (χ4v) is 14.4. The quantitative estimate of drug-likeness (QED) is 0.0429. The summed E-state index contributed by atoms with van der Waals surface area (Å²) in [5.74, 6) is -1.000. The molecule has 2 atom stereocenters. The summed E-state index contributed by atoms with van der Waals surface area (Å²) in [5.41, 5.74) is 0. The van der Waals surface area contributed by atoms with Crippen molar-refractivity contribution in [2.75, 3.05) is 31.2 Å². The maximum atomic E-state index is 15.0. The highest BCUT2D eigenvalue weighted by Gasteiger charge is 2.42. The van der Waals surface area contributed by atoms with Gasteiger partial charge in [-0.3, -0.25) is 4.79 Å². The normalized spacial score (nSPS) is 14.4. The Labute approximate surface area is 268 Å². The molecule has 43 heavy (non-hydrogen) atoms. The highest BCUT2D eigenvalue weighted by atomic mass is 31.2. The van der Waals surface area contributed by atoms with Crippen molar-refractivity contribution < 1.29 is 19.0 Å². The Morgan fingerprint density at radius 1 is 0.535 bits per heavy atom. The van der Waals surface area contributed by atoms with Gasteiger partial charge in [-0.15, -0.1) is 13.2 Å². The summed E-state index contributed by atoms with van der Waals surface area (Å²) in [6.07, 6.45) is 31.4. The van der Waals surface area contributed by atoms with Crippen molar-refractivity contribution in [3.05, 3.63) is 25.3 Å². The van der Waals surface area contributed by atoms with Gasteiger partial charge < -0.3 is 14.2 Å². The number of nitrogens with zero attached hydrogens (tertiary/aromatic N) is 1. The van der Waals surface area contributed by atoms with Crippen molar-refractivity contribution in [3.8, 4) is 0 Å². The first-order valence-corrected chi connectivity index (χ1v) is 22.2. The predicted octanol–water partition coefficient (Wildman–Crippen LogP) is 12.7. The molecule has 0 aromatic heterocycles. The van der Waals surface area contributed by atoms with E-state index in [9.17, 15) is 19.0 Å². The molecule has 0 aliphatic rings. The van der Waals surface area contributed by atoms with Gasteiger partial charge in [0.2, 0.25) is 0 Å².